The second-order valence-electron chi connectivity index (χ2n) is 4.98. The van der Waals surface area contributed by atoms with E-state index in [1.165, 1.54) is 0 Å². The standard InChI is InChI=1S/C11H19N5O2/c1-7(2)15-11(14(4)9-5-12-6-9)10(16(17)18)8(3)13-15/h7,9,12H,5-6H2,1-4H3. The number of aryl methyl sites for hydroxylation is 1. The van der Waals surface area contributed by atoms with Crippen molar-refractivity contribution in [1.29, 1.82) is 0 Å². The maximum atomic E-state index is 11.2. The van der Waals surface area contributed by atoms with Crippen LogP contribution in [0.3, 0.4) is 0 Å². The number of nitrogens with zero attached hydrogens (tertiary/aromatic N) is 4. The number of hydrogen-bond donors (Lipinski definition) is 1. The minimum Gasteiger partial charge on any atom is -0.349 e. The van der Waals surface area contributed by atoms with Crippen molar-refractivity contribution in [2.45, 2.75) is 32.9 Å². The second-order valence-corrected chi connectivity index (χ2v) is 4.98. The Morgan fingerprint density at radius 2 is 2.17 bits per heavy atom. The van der Waals surface area contributed by atoms with Crippen molar-refractivity contribution < 1.29 is 4.92 Å². The quantitative estimate of drug-likeness (QED) is 0.642. The van der Waals surface area contributed by atoms with Crippen LogP contribution in [0.15, 0.2) is 0 Å². The van der Waals surface area contributed by atoms with Crippen molar-refractivity contribution in [1.82, 2.24) is 15.1 Å². The second kappa shape index (κ2) is 4.56. The third kappa shape index (κ3) is 1.94. The summed E-state index contributed by atoms with van der Waals surface area (Å²) in [5.74, 6) is 0.610. The summed E-state index contributed by atoms with van der Waals surface area (Å²) in [6.45, 7) is 7.36. The van der Waals surface area contributed by atoms with Gasteiger partial charge in [0.2, 0.25) is 5.82 Å². The van der Waals surface area contributed by atoms with E-state index in [-0.39, 0.29) is 16.7 Å². The first-order valence-corrected chi connectivity index (χ1v) is 6.10. The van der Waals surface area contributed by atoms with Gasteiger partial charge in [-0.2, -0.15) is 5.10 Å². The molecule has 0 radical (unpaired) electrons. The molecule has 1 aliphatic heterocycles. The van der Waals surface area contributed by atoms with E-state index in [4.69, 9.17) is 0 Å². The van der Waals surface area contributed by atoms with Crippen molar-refractivity contribution in [2.75, 3.05) is 25.0 Å². The summed E-state index contributed by atoms with van der Waals surface area (Å²) in [7, 11) is 1.90. The van der Waals surface area contributed by atoms with Crippen molar-refractivity contribution in [2.24, 2.45) is 0 Å². The lowest BCUT2D eigenvalue weighted by Crippen LogP contribution is -2.56. The minimum absolute atomic E-state index is 0.0999. The van der Waals surface area contributed by atoms with Crippen molar-refractivity contribution in [3.05, 3.63) is 15.8 Å². The van der Waals surface area contributed by atoms with Crippen LogP contribution in [0.25, 0.3) is 0 Å². The van der Waals surface area contributed by atoms with Gasteiger partial charge in [-0.05, 0) is 20.8 Å². The molecule has 1 saturated heterocycles. The molecule has 7 heteroatoms. The molecule has 2 rings (SSSR count). The fourth-order valence-corrected chi connectivity index (χ4v) is 2.15. The molecule has 1 N–H and O–H groups in total. The Morgan fingerprint density at radius 3 is 2.56 bits per heavy atom. The Bertz CT molecular complexity index is 464. The Labute approximate surface area is 106 Å². The van der Waals surface area contributed by atoms with E-state index in [1.54, 1.807) is 11.6 Å². The summed E-state index contributed by atoms with van der Waals surface area (Å²) < 4.78 is 1.74. The van der Waals surface area contributed by atoms with Crippen LogP contribution in [-0.2, 0) is 0 Å². The number of likely N-dealkylation sites (N-methyl/N-ethyl adjacent to an activating group) is 1. The van der Waals surface area contributed by atoms with Crippen molar-refractivity contribution in [3.8, 4) is 0 Å². The predicted octanol–water partition coefficient (Wildman–Crippen LogP) is 1.09. The summed E-state index contributed by atoms with van der Waals surface area (Å²) in [5.41, 5.74) is 0.598. The van der Waals surface area contributed by atoms with E-state index in [1.807, 2.05) is 25.8 Å². The van der Waals surface area contributed by atoms with E-state index < -0.39 is 0 Å². The van der Waals surface area contributed by atoms with Gasteiger partial charge in [0.05, 0.1) is 11.0 Å². The first-order valence-electron chi connectivity index (χ1n) is 6.10. The fourth-order valence-electron chi connectivity index (χ4n) is 2.15. The lowest BCUT2D eigenvalue weighted by Gasteiger charge is -2.36. The topological polar surface area (TPSA) is 76.2 Å². The molecule has 0 unspecified atom stereocenters. The number of aromatic nitrogens is 2. The number of nitro groups is 1. The molecule has 1 fully saturated rings. The highest BCUT2D eigenvalue weighted by Gasteiger charge is 2.33. The van der Waals surface area contributed by atoms with Gasteiger partial charge in [0.15, 0.2) is 0 Å². The van der Waals surface area contributed by atoms with Crippen LogP contribution >= 0.6 is 0 Å². The Morgan fingerprint density at radius 1 is 1.56 bits per heavy atom. The van der Waals surface area contributed by atoms with Gasteiger partial charge in [-0.3, -0.25) is 10.1 Å². The van der Waals surface area contributed by atoms with Crippen LogP contribution in [0, 0.1) is 17.0 Å². The number of nitrogens with one attached hydrogen (secondary N) is 1. The smallest absolute Gasteiger partial charge is 0.333 e. The molecule has 0 bridgehead atoms. The van der Waals surface area contributed by atoms with E-state index in [0.717, 1.165) is 13.1 Å². The van der Waals surface area contributed by atoms with Gasteiger partial charge in [-0.25, -0.2) is 4.68 Å². The van der Waals surface area contributed by atoms with Crippen LogP contribution in [0.1, 0.15) is 25.6 Å². The number of hydrogen-bond acceptors (Lipinski definition) is 5. The Hall–Kier alpha value is -1.63. The molecule has 1 aliphatic rings. The van der Waals surface area contributed by atoms with Gasteiger partial charge < -0.3 is 10.2 Å². The van der Waals surface area contributed by atoms with Crippen LogP contribution in [-0.4, -0.2) is 40.9 Å². The van der Waals surface area contributed by atoms with Gasteiger partial charge in [-0.1, -0.05) is 0 Å². The molecule has 0 atom stereocenters. The van der Waals surface area contributed by atoms with Gasteiger partial charge in [0, 0.05) is 26.2 Å². The highest BCUT2D eigenvalue weighted by atomic mass is 16.6. The average Bonchev–Trinajstić information content (AvgIpc) is 2.52. The summed E-state index contributed by atoms with van der Waals surface area (Å²) in [6.07, 6.45) is 0. The average molecular weight is 253 g/mol. The third-order valence-corrected chi connectivity index (χ3v) is 3.34. The van der Waals surface area contributed by atoms with Crippen LogP contribution < -0.4 is 10.2 Å². The molecule has 1 aromatic rings. The normalized spacial score (nSPS) is 15.8. The summed E-state index contributed by atoms with van der Waals surface area (Å²) in [4.78, 5) is 12.9. The monoisotopic (exact) mass is 253 g/mol. The van der Waals surface area contributed by atoms with Crippen LogP contribution in [0.5, 0.6) is 0 Å². The summed E-state index contributed by atoms with van der Waals surface area (Å²) >= 11 is 0. The predicted molar refractivity (Wildman–Crippen MR) is 69.1 cm³/mol. The summed E-state index contributed by atoms with van der Waals surface area (Å²) in [5, 5.41) is 18.7. The molecule has 100 valence electrons. The first-order chi connectivity index (χ1) is 8.43. The largest absolute Gasteiger partial charge is 0.349 e. The van der Waals surface area contributed by atoms with Crippen molar-refractivity contribution >= 4 is 11.5 Å². The molecule has 0 spiro atoms. The van der Waals surface area contributed by atoms with Crippen molar-refractivity contribution in [3.63, 3.8) is 0 Å². The zero-order chi connectivity index (χ0) is 13.4. The SMILES string of the molecule is Cc1nn(C(C)C)c(N(C)C2CNC2)c1[N+](=O)[O-]. The number of rotatable bonds is 4. The highest BCUT2D eigenvalue weighted by molar-refractivity contribution is 5.62. The van der Waals surface area contributed by atoms with E-state index in [2.05, 4.69) is 10.4 Å². The first kappa shape index (κ1) is 12.8. The summed E-state index contributed by atoms with van der Waals surface area (Å²) in [6, 6.07) is 0.403. The maximum Gasteiger partial charge on any atom is 0.333 e. The maximum absolute atomic E-state index is 11.2. The zero-order valence-corrected chi connectivity index (χ0v) is 11.2. The fraction of sp³-hybridized carbons (Fsp3) is 0.727. The molecule has 0 aliphatic carbocycles. The molecular weight excluding hydrogens is 234 g/mol. The molecule has 0 amide bonds. The third-order valence-electron chi connectivity index (χ3n) is 3.34. The molecule has 0 aromatic carbocycles. The van der Waals surface area contributed by atoms with E-state index in [0.29, 0.717) is 17.6 Å². The number of anilines is 1. The lowest BCUT2D eigenvalue weighted by molar-refractivity contribution is -0.384. The van der Waals surface area contributed by atoms with Gasteiger partial charge >= 0.3 is 5.69 Å². The molecule has 0 saturated carbocycles. The molecule has 1 aromatic heterocycles. The van der Waals surface area contributed by atoms with Gasteiger partial charge in [0.25, 0.3) is 0 Å². The molecule has 18 heavy (non-hydrogen) atoms. The minimum atomic E-state index is -0.334. The zero-order valence-electron chi connectivity index (χ0n) is 11.2. The van der Waals surface area contributed by atoms with E-state index in [9.17, 15) is 10.1 Å². The van der Waals surface area contributed by atoms with Gasteiger partial charge in [-0.15, -0.1) is 0 Å². The van der Waals surface area contributed by atoms with Crippen LogP contribution in [0.2, 0.25) is 0 Å². The molecular formula is C11H19N5O2. The highest BCUT2D eigenvalue weighted by Crippen LogP contribution is 2.34. The van der Waals surface area contributed by atoms with Crippen LogP contribution in [0.4, 0.5) is 11.5 Å². The Kier molecular flexibility index (Phi) is 3.25. The Balaban J connectivity index is 2.49. The lowest BCUT2D eigenvalue weighted by atomic mass is 10.1. The molecule has 2 heterocycles. The molecule has 7 nitrogen and oxygen atoms in total. The van der Waals surface area contributed by atoms with E-state index >= 15 is 0 Å². The van der Waals surface area contributed by atoms with Gasteiger partial charge in [0.1, 0.15) is 5.69 Å².